The summed E-state index contributed by atoms with van der Waals surface area (Å²) in [5.41, 5.74) is 1.16. The van der Waals surface area contributed by atoms with Crippen molar-refractivity contribution < 1.29 is 9.90 Å². The lowest BCUT2D eigenvalue weighted by Crippen LogP contribution is -1.92. The van der Waals surface area contributed by atoms with Gasteiger partial charge in [-0.05, 0) is 35.2 Å². The highest BCUT2D eigenvalue weighted by atomic mass is 16.4. The van der Waals surface area contributed by atoms with Crippen LogP contribution in [-0.4, -0.2) is 11.1 Å². The zero-order valence-electron chi connectivity index (χ0n) is 10.2. The second kappa shape index (κ2) is 6.01. The fraction of sp³-hybridized carbons (Fsp3) is 0.188. The van der Waals surface area contributed by atoms with Gasteiger partial charge in [0.05, 0.1) is 0 Å². The summed E-state index contributed by atoms with van der Waals surface area (Å²) in [7, 11) is 0. The molecule has 0 saturated carbocycles. The number of unbranched alkanes of at least 4 members (excludes halogenated alkanes) is 1. The maximum Gasteiger partial charge on any atom is 0.303 e. The lowest BCUT2D eigenvalue weighted by atomic mass is 10.1. The molecule has 0 radical (unpaired) electrons. The number of allylic oxidation sites excluding steroid dienone is 1. The van der Waals surface area contributed by atoms with Crippen molar-refractivity contribution in [3.63, 3.8) is 0 Å². The van der Waals surface area contributed by atoms with Gasteiger partial charge in [-0.15, -0.1) is 0 Å². The van der Waals surface area contributed by atoms with E-state index in [0.29, 0.717) is 6.42 Å². The lowest BCUT2D eigenvalue weighted by Gasteiger charge is -1.99. The largest absolute Gasteiger partial charge is 0.481 e. The molecule has 0 fully saturated rings. The molecule has 2 aromatic carbocycles. The van der Waals surface area contributed by atoms with Gasteiger partial charge >= 0.3 is 5.97 Å². The molecule has 2 aromatic rings. The predicted octanol–water partition coefficient (Wildman–Crippen LogP) is 4.11. The van der Waals surface area contributed by atoms with Crippen molar-refractivity contribution in [2.24, 2.45) is 0 Å². The van der Waals surface area contributed by atoms with Crippen molar-refractivity contribution >= 4 is 22.8 Å². The van der Waals surface area contributed by atoms with Gasteiger partial charge in [-0.1, -0.05) is 48.6 Å². The second-order valence-electron chi connectivity index (χ2n) is 4.29. The Bertz CT molecular complexity index is 570. The normalized spacial score (nSPS) is 11.1. The maximum atomic E-state index is 10.4. The highest BCUT2D eigenvalue weighted by Crippen LogP contribution is 2.16. The average molecular weight is 240 g/mol. The highest BCUT2D eigenvalue weighted by molar-refractivity contribution is 5.84. The number of carboxylic acids is 1. The molecule has 0 unspecified atom stereocenters. The van der Waals surface area contributed by atoms with E-state index >= 15 is 0 Å². The quantitative estimate of drug-likeness (QED) is 0.798. The molecule has 0 aliphatic carbocycles. The first-order chi connectivity index (χ1) is 8.75. The summed E-state index contributed by atoms with van der Waals surface area (Å²) in [4.78, 5) is 10.4. The summed E-state index contributed by atoms with van der Waals surface area (Å²) in [6.07, 6.45) is 5.82. The molecule has 92 valence electrons. The summed E-state index contributed by atoms with van der Waals surface area (Å²) in [6.45, 7) is 0. The minimum atomic E-state index is -0.728. The zero-order chi connectivity index (χ0) is 12.8. The summed E-state index contributed by atoms with van der Waals surface area (Å²) in [6, 6.07) is 14.6. The minimum Gasteiger partial charge on any atom is -0.481 e. The maximum absolute atomic E-state index is 10.4. The molecule has 18 heavy (non-hydrogen) atoms. The summed E-state index contributed by atoms with van der Waals surface area (Å²) in [5.74, 6) is -0.728. The van der Waals surface area contributed by atoms with Crippen LogP contribution in [0.1, 0.15) is 24.8 Å². The molecular formula is C16H16O2. The van der Waals surface area contributed by atoms with E-state index in [9.17, 15) is 4.79 Å². The van der Waals surface area contributed by atoms with Crippen LogP contribution < -0.4 is 0 Å². The molecular weight excluding hydrogens is 224 g/mol. The van der Waals surface area contributed by atoms with E-state index in [2.05, 4.69) is 30.3 Å². The third-order valence-corrected chi connectivity index (χ3v) is 2.85. The third kappa shape index (κ3) is 3.45. The fourth-order valence-electron chi connectivity index (χ4n) is 1.90. The molecule has 2 nitrogen and oxygen atoms in total. The number of hydrogen-bond donors (Lipinski definition) is 1. The molecule has 2 heteroatoms. The Balaban J connectivity index is 1.99. The van der Waals surface area contributed by atoms with E-state index in [1.165, 1.54) is 10.8 Å². The Labute approximate surface area is 107 Å². The van der Waals surface area contributed by atoms with Gasteiger partial charge in [-0.3, -0.25) is 4.79 Å². The Morgan fingerprint density at radius 2 is 1.89 bits per heavy atom. The van der Waals surface area contributed by atoms with Crippen LogP contribution >= 0.6 is 0 Å². The van der Waals surface area contributed by atoms with Crippen molar-refractivity contribution in [3.05, 3.63) is 54.1 Å². The van der Waals surface area contributed by atoms with Crippen molar-refractivity contribution in [2.75, 3.05) is 0 Å². The monoisotopic (exact) mass is 240 g/mol. The number of fused-ring (bicyclic) bond motifs is 1. The Hall–Kier alpha value is -2.09. The van der Waals surface area contributed by atoms with E-state index < -0.39 is 5.97 Å². The van der Waals surface area contributed by atoms with Crippen LogP contribution in [0.5, 0.6) is 0 Å². The zero-order valence-corrected chi connectivity index (χ0v) is 10.2. The summed E-state index contributed by atoms with van der Waals surface area (Å²) < 4.78 is 0. The van der Waals surface area contributed by atoms with Gasteiger partial charge in [-0.25, -0.2) is 0 Å². The van der Waals surface area contributed by atoms with Crippen molar-refractivity contribution in [2.45, 2.75) is 19.3 Å². The molecule has 0 heterocycles. The van der Waals surface area contributed by atoms with E-state index in [1.807, 2.05) is 24.3 Å². The van der Waals surface area contributed by atoms with Crippen LogP contribution in [0.3, 0.4) is 0 Å². The molecule has 1 N–H and O–H groups in total. The van der Waals surface area contributed by atoms with Crippen molar-refractivity contribution in [1.82, 2.24) is 0 Å². The standard InChI is InChI=1S/C16H16O2/c17-16(18)9-3-1-2-6-13-10-11-14-7-4-5-8-15(14)12-13/h2,4-8,10-12H,1,3,9H2,(H,17,18)/b6-2+. The molecule has 0 bridgehead atoms. The van der Waals surface area contributed by atoms with Crippen LogP contribution in [0.15, 0.2) is 48.5 Å². The van der Waals surface area contributed by atoms with Crippen molar-refractivity contribution in [1.29, 1.82) is 0 Å². The van der Waals surface area contributed by atoms with E-state index in [1.54, 1.807) is 0 Å². The SMILES string of the molecule is O=C(O)CCC/C=C/c1ccc2ccccc2c1. The molecule has 2 rings (SSSR count). The molecule has 0 aromatic heterocycles. The first-order valence-electron chi connectivity index (χ1n) is 6.13. The topological polar surface area (TPSA) is 37.3 Å². The van der Waals surface area contributed by atoms with Crippen LogP contribution in [-0.2, 0) is 4.79 Å². The van der Waals surface area contributed by atoms with E-state index in [4.69, 9.17) is 5.11 Å². The Kier molecular flexibility index (Phi) is 4.13. The van der Waals surface area contributed by atoms with E-state index in [-0.39, 0.29) is 6.42 Å². The van der Waals surface area contributed by atoms with Gasteiger partial charge in [-0.2, -0.15) is 0 Å². The van der Waals surface area contributed by atoms with Crippen LogP contribution in [0, 0.1) is 0 Å². The highest BCUT2D eigenvalue weighted by Gasteiger charge is 1.94. The molecule has 0 saturated heterocycles. The van der Waals surface area contributed by atoms with Gasteiger partial charge < -0.3 is 5.11 Å². The van der Waals surface area contributed by atoms with Crippen LogP contribution in [0.4, 0.5) is 0 Å². The number of hydrogen-bond acceptors (Lipinski definition) is 1. The second-order valence-corrected chi connectivity index (χ2v) is 4.29. The number of rotatable bonds is 5. The smallest absolute Gasteiger partial charge is 0.303 e. The fourth-order valence-corrected chi connectivity index (χ4v) is 1.90. The van der Waals surface area contributed by atoms with Crippen LogP contribution in [0.25, 0.3) is 16.8 Å². The first-order valence-corrected chi connectivity index (χ1v) is 6.13. The minimum absolute atomic E-state index is 0.238. The molecule has 0 aliphatic heterocycles. The molecule has 0 spiro atoms. The number of benzene rings is 2. The van der Waals surface area contributed by atoms with Crippen molar-refractivity contribution in [3.8, 4) is 0 Å². The average Bonchev–Trinajstić information content (AvgIpc) is 2.38. The Morgan fingerprint density at radius 1 is 1.11 bits per heavy atom. The van der Waals surface area contributed by atoms with Gasteiger partial charge in [0.15, 0.2) is 0 Å². The number of aliphatic carboxylic acids is 1. The molecule has 0 aliphatic rings. The first kappa shape index (κ1) is 12.4. The number of carboxylic acid groups (broad SMARTS) is 1. The molecule has 0 amide bonds. The lowest BCUT2D eigenvalue weighted by molar-refractivity contribution is -0.137. The summed E-state index contributed by atoms with van der Waals surface area (Å²) in [5, 5.41) is 11.0. The van der Waals surface area contributed by atoms with Gasteiger partial charge in [0, 0.05) is 6.42 Å². The van der Waals surface area contributed by atoms with Gasteiger partial charge in [0.1, 0.15) is 0 Å². The van der Waals surface area contributed by atoms with Crippen LogP contribution in [0.2, 0.25) is 0 Å². The molecule has 0 atom stereocenters. The number of carbonyl (C=O) groups is 1. The van der Waals surface area contributed by atoms with E-state index in [0.717, 1.165) is 12.0 Å². The predicted molar refractivity (Wildman–Crippen MR) is 74.5 cm³/mol. The third-order valence-electron chi connectivity index (χ3n) is 2.85. The Morgan fingerprint density at radius 3 is 2.67 bits per heavy atom. The van der Waals surface area contributed by atoms with Gasteiger partial charge in [0.25, 0.3) is 0 Å². The summed E-state index contributed by atoms with van der Waals surface area (Å²) >= 11 is 0. The van der Waals surface area contributed by atoms with Gasteiger partial charge in [0.2, 0.25) is 0 Å².